The monoisotopic (exact) mass is 619 g/mol. The van der Waals surface area contributed by atoms with Gasteiger partial charge in [-0.15, -0.1) is 0 Å². The number of ether oxygens (including phenoxy) is 3. The number of allylic oxidation sites excluding steroid dienone is 4. The van der Waals surface area contributed by atoms with Crippen molar-refractivity contribution in [1.29, 1.82) is 0 Å². The van der Waals surface area contributed by atoms with Crippen LogP contribution in [0.15, 0.2) is 53.0 Å². The Balaban J connectivity index is 1.64. The quantitative estimate of drug-likeness (QED) is 0.244. The molecule has 0 amide bonds. The molecule has 1 aliphatic heterocycles. The first kappa shape index (κ1) is 30.6. The number of nitro benzene ring substituents is 1. The van der Waals surface area contributed by atoms with Gasteiger partial charge in [0.2, 0.25) is 5.75 Å². The van der Waals surface area contributed by atoms with E-state index in [0.717, 1.165) is 6.07 Å². The third-order valence-corrected chi connectivity index (χ3v) is 8.14. The predicted molar refractivity (Wildman–Crippen MR) is 150 cm³/mol. The van der Waals surface area contributed by atoms with Crippen molar-refractivity contribution in [1.82, 2.24) is 0 Å². The Hall–Kier alpha value is -3.86. The number of benzene rings is 2. The highest BCUT2D eigenvalue weighted by atomic mass is 35.5. The largest absolute Gasteiger partial charge is 0.493 e. The lowest BCUT2D eigenvalue weighted by Gasteiger charge is -2.42. The molecule has 0 atom stereocenters. The number of carbonyl (C=O) groups excluding carboxylic acids is 2. The van der Waals surface area contributed by atoms with E-state index in [-0.39, 0.29) is 51.8 Å². The van der Waals surface area contributed by atoms with Crippen LogP contribution in [0.5, 0.6) is 17.2 Å². The minimum atomic E-state index is -4.80. The summed E-state index contributed by atoms with van der Waals surface area (Å²) in [6, 6.07) is 4.86. The minimum Gasteiger partial charge on any atom is -0.493 e. The van der Waals surface area contributed by atoms with Crippen LogP contribution in [0, 0.1) is 20.9 Å². The molecule has 12 heteroatoms. The zero-order valence-electron chi connectivity index (χ0n) is 24.1. The van der Waals surface area contributed by atoms with Gasteiger partial charge in [0.1, 0.15) is 11.5 Å². The van der Waals surface area contributed by atoms with Crippen molar-refractivity contribution in [2.24, 2.45) is 10.8 Å². The number of nitrogens with zero attached hydrogens (tertiary/aromatic N) is 1. The summed E-state index contributed by atoms with van der Waals surface area (Å²) in [5.41, 5.74) is -1.65. The van der Waals surface area contributed by atoms with Gasteiger partial charge in [0.15, 0.2) is 23.1 Å². The minimum absolute atomic E-state index is 0.000311. The highest BCUT2D eigenvalue weighted by Crippen LogP contribution is 2.55. The highest BCUT2D eigenvalue weighted by molar-refractivity contribution is 6.32. The van der Waals surface area contributed by atoms with Gasteiger partial charge in [-0.2, -0.15) is 13.2 Å². The van der Waals surface area contributed by atoms with Crippen molar-refractivity contribution in [2.45, 2.75) is 65.5 Å². The Morgan fingerprint density at radius 3 is 1.98 bits per heavy atom. The smallest absolute Gasteiger partial charge is 0.416 e. The van der Waals surface area contributed by atoms with E-state index in [1.807, 2.05) is 27.7 Å². The van der Waals surface area contributed by atoms with Crippen LogP contribution in [0.1, 0.15) is 70.4 Å². The Morgan fingerprint density at radius 1 is 0.930 bits per heavy atom. The summed E-state index contributed by atoms with van der Waals surface area (Å²) in [6.45, 7) is 7.89. The zero-order chi connectivity index (χ0) is 31.6. The summed E-state index contributed by atoms with van der Waals surface area (Å²) < 4.78 is 57.1. The second-order valence-electron chi connectivity index (χ2n) is 12.7. The lowest BCUT2D eigenvalue weighted by atomic mass is 9.65. The lowest BCUT2D eigenvalue weighted by Crippen LogP contribution is -2.37. The number of methoxy groups -OCH3 is 1. The molecule has 0 radical (unpaired) electrons. The van der Waals surface area contributed by atoms with E-state index in [2.05, 4.69) is 0 Å². The van der Waals surface area contributed by atoms with Crippen LogP contribution in [-0.2, 0) is 20.5 Å². The van der Waals surface area contributed by atoms with Gasteiger partial charge in [-0.05, 0) is 40.7 Å². The summed E-state index contributed by atoms with van der Waals surface area (Å²) in [5, 5.41) is 11.5. The molecule has 1 heterocycles. The Labute approximate surface area is 250 Å². The standard InChI is InChI=1S/C31H29ClF3NO7/c1-29(2)11-19(37)26-23(13-29)42-24-14-30(3,4)12-20(38)27(24)25(26)15-8-17(32)28(22(9-15)41-5)43-21-7-6-16(31(33,34)35)10-18(21)36(39)40/h6-10,25H,11-14H2,1-5H3. The van der Waals surface area contributed by atoms with E-state index >= 15 is 0 Å². The number of ketones is 2. The first-order valence-electron chi connectivity index (χ1n) is 13.5. The van der Waals surface area contributed by atoms with Gasteiger partial charge < -0.3 is 14.2 Å². The van der Waals surface area contributed by atoms with Crippen LogP contribution in [-0.4, -0.2) is 23.6 Å². The topological polar surface area (TPSA) is 105 Å². The van der Waals surface area contributed by atoms with E-state index in [1.54, 1.807) is 0 Å². The molecule has 2 aromatic carbocycles. The molecular formula is C31H29ClF3NO7. The third kappa shape index (κ3) is 5.74. The summed E-state index contributed by atoms with van der Waals surface area (Å²) >= 11 is 6.64. The summed E-state index contributed by atoms with van der Waals surface area (Å²) in [6.07, 6.45) is -3.34. The Kier molecular flexibility index (Phi) is 7.40. The van der Waals surface area contributed by atoms with Gasteiger partial charge in [-0.3, -0.25) is 19.7 Å². The maximum absolute atomic E-state index is 13.6. The summed E-state index contributed by atoms with van der Waals surface area (Å²) in [7, 11) is 1.30. The average molecular weight is 620 g/mol. The second kappa shape index (κ2) is 10.4. The van der Waals surface area contributed by atoms with Crippen molar-refractivity contribution >= 4 is 28.9 Å². The number of Topliss-reactive ketones (excluding diaryl/α,β-unsaturated/α-hetero) is 2. The number of nitro groups is 1. The molecule has 2 aromatic rings. The van der Waals surface area contributed by atoms with Gasteiger partial charge in [-0.25, -0.2) is 0 Å². The first-order chi connectivity index (χ1) is 19.9. The van der Waals surface area contributed by atoms with E-state index in [0.29, 0.717) is 53.2 Å². The first-order valence-corrected chi connectivity index (χ1v) is 13.9. The maximum Gasteiger partial charge on any atom is 0.416 e. The van der Waals surface area contributed by atoms with Crippen LogP contribution in [0.3, 0.4) is 0 Å². The molecule has 5 rings (SSSR count). The van der Waals surface area contributed by atoms with Crippen LogP contribution >= 0.6 is 11.6 Å². The molecule has 0 fully saturated rings. The van der Waals surface area contributed by atoms with Gasteiger partial charge in [0, 0.05) is 48.8 Å². The predicted octanol–water partition coefficient (Wildman–Crippen LogP) is 8.47. The van der Waals surface area contributed by atoms with Gasteiger partial charge in [0.25, 0.3) is 0 Å². The fourth-order valence-electron chi connectivity index (χ4n) is 6.05. The van der Waals surface area contributed by atoms with Gasteiger partial charge in [-0.1, -0.05) is 39.3 Å². The molecule has 3 aliphatic rings. The second-order valence-corrected chi connectivity index (χ2v) is 13.1. The number of rotatable bonds is 5. The van der Waals surface area contributed by atoms with E-state index in [9.17, 15) is 32.9 Å². The van der Waals surface area contributed by atoms with Crippen molar-refractivity contribution in [3.8, 4) is 17.2 Å². The fourth-order valence-corrected chi connectivity index (χ4v) is 6.30. The van der Waals surface area contributed by atoms with Crippen molar-refractivity contribution in [3.63, 3.8) is 0 Å². The number of carbonyl (C=O) groups is 2. The molecule has 0 spiro atoms. The number of halogens is 4. The van der Waals surface area contributed by atoms with E-state index < -0.39 is 34.0 Å². The highest BCUT2D eigenvalue weighted by Gasteiger charge is 2.48. The molecule has 0 bridgehead atoms. The fraction of sp³-hybridized carbons (Fsp3) is 0.419. The lowest BCUT2D eigenvalue weighted by molar-refractivity contribution is -0.385. The summed E-state index contributed by atoms with van der Waals surface area (Å²) in [5.74, 6) is -0.767. The zero-order valence-corrected chi connectivity index (χ0v) is 24.9. The van der Waals surface area contributed by atoms with E-state index in [1.165, 1.54) is 19.2 Å². The van der Waals surface area contributed by atoms with Crippen LogP contribution in [0.2, 0.25) is 5.02 Å². The molecule has 0 N–H and O–H groups in total. The van der Waals surface area contributed by atoms with Gasteiger partial charge >= 0.3 is 11.9 Å². The van der Waals surface area contributed by atoms with Gasteiger partial charge in [0.05, 0.1) is 22.6 Å². The number of alkyl halides is 3. The normalized spacial score (nSPS) is 19.9. The molecule has 0 saturated heterocycles. The Morgan fingerprint density at radius 2 is 1.49 bits per heavy atom. The molecule has 2 aliphatic carbocycles. The molecule has 8 nitrogen and oxygen atoms in total. The van der Waals surface area contributed by atoms with Crippen LogP contribution < -0.4 is 9.47 Å². The molecule has 228 valence electrons. The Bertz CT molecular complexity index is 1590. The molecule has 0 saturated carbocycles. The van der Waals surface area contributed by atoms with Crippen molar-refractivity contribution in [3.05, 3.63) is 79.3 Å². The molecule has 43 heavy (non-hydrogen) atoms. The molecule has 0 unspecified atom stereocenters. The van der Waals surface area contributed by atoms with Crippen molar-refractivity contribution < 1.29 is 41.9 Å². The third-order valence-electron chi connectivity index (χ3n) is 7.86. The summed E-state index contributed by atoms with van der Waals surface area (Å²) in [4.78, 5) is 37.8. The average Bonchev–Trinajstić information content (AvgIpc) is 2.86. The molecular weight excluding hydrogens is 591 g/mol. The number of hydrogen-bond acceptors (Lipinski definition) is 7. The van der Waals surface area contributed by atoms with Crippen LogP contribution in [0.25, 0.3) is 0 Å². The van der Waals surface area contributed by atoms with Crippen LogP contribution in [0.4, 0.5) is 18.9 Å². The number of hydrogen-bond donors (Lipinski definition) is 0. The maximum atomic E-state index is 13.6. The van der Waals surface area contributed by atoms with E-state index in [4.69, 9.17) is 25.8 Å². The van der Waals surface area contributed by atoms with Crippen molar-refractivity contribution in [2.75, 3.05) is 7.11 Å². The molecule has 0 aromatic heterocycles. The SMILES string of the molecule is COc1cc(C2C3=C(CC(C)(C)CC3=O)OC3=C2C(=O)CC(C)(C)C3)cc(Cl)c1Oc1ccc(C(F)(F)F)cc1[N+](=O)[O-].